The van der Waals surface area contributed by atoms with Crippen LogP contribution >= 0.6 is 0 Å². The zero-order chi connectivity index (χ0) is 14.4. The van der Waals surface area contributed by atoms with Gasteiger partial charge < -0.3 is 14.8 Å². The third kappa shape index (κ3) is 4.09. The summed E-state index contributed by atoms with van der Waals surface area (Å²) < 4.78 is 2.36. The Morgan fingerprint density at radius 2 is 2.05 bits per heavy atom. The maximum atomic E-state index is 3.46. The minimum absolute atomic E-state index is 0.968. The van der Waals surface area contributed by atoms with Crippen molar-refractivity contribution < 1.29 is 0 Å². The fourth-order valence-corrected chi connectivity index (χ4v) is 2.52. The van der Waals surface area contributed by atoms with E-state index in [1.54, 1.807) is 0 Å². The quantitative estimate of drug-likeness (QED) is 0.746. The van der Waals surface area contributed by atoms with E-state index in [9.17, 15) is 0 Å². The number of nitrogens with one attached hydrogen (secondary N) is 1. The number of rotatable bonds is 8. The van der Waals surface area contributed by atoms with Crippen LogP contribution in [0, 0.1) is 0 Å². The molecule has 0 fully saturated rings. The van der Waals surface area contributed by atoms with E-state index in [1.165, 1.54) is 29.3 Å². The number of benzene rings is 1. The summed E-state index contributed by atoms with van der Waals surface area (Å²) in [5, 5.41) is 4.81. The van der Waals surface area contributed by atoms with Crippen LogP contribution < -0.4 is 5.32 Å². The summed E-state index contributed by atoms with van der Waals surface area (Å²) >= 11 is 0. The molecule has 2 aromatic rings. The number of hydrogen-bond acceptors (Lipinski definition) is 2. The Kier molecular flexibility index (Phi) is 5.62. The van der Waals surface area contributed by atoms with E-state index in [-0.39, 0.29) is 0 Å². The highest BCUT2D eigenvalue weighted by molar-refractivity contribution is 5.80. The molecule has 0 spiro atoms. The van der Waals surface area contributed by atoms with E-state index in [2.05, 4.69) is 66.3 Å². The Labute approximate surface area is 122 Å². The number of aryl methyl sites for hydroxylation is 1. The fraction of sp³-hybridized carbons (Fsp3) is 0.529. The summed E-state index contributed by atoms with van der Waals surface area (Å²) in [5.74, 6) is 0. The molecular formula is C17H27N3. The lowest BCUT2D eigenvalue weighted by molar-refractivity contribution is 0.388. The van der Waals surface area contributed by atoms with Crippen molar-refractivity contribution in [1.29, 1.82) is 0 Å². The van der Waals surface area contributed by atoms with Gasteiger partial charge >= 0.3 is 0 Å². The first-order valence-electron chi connectivity index (χ1n) is 7.64. The highest BCUT2D eigenvalue weighted by atomic mass is 15.1. The Bertz CT molecular complexity index is 528. The second kappa shape index (κ2) is 7.46. The van der Waals surface area contributed by atoms with Gasteiger partial charge in [0.1, 0.15) is 0 Å². The number of fused-ring (bicyclic) bond motifs is 1. The highest BCUT2D eigenvalue weighted by Crippen LogP contribution is 2.18. The lowest BCUT2D eigenvalue weighted by Gasteiger charge is -2.10. The van der Waals surface area contributed by atoms with Gasteiger partial charge in [0.15, 0.2) is 0 Å². The first-order valence-corrected chi connectivity index (χ1v) is 7.64. The molecule has 0 saturated carbocycles. The van der Waals surface area contributed by atoms with Crippen LogP contribution in [0.4, 0.5) is 0 Å². The third-order valence-corrected chi connectivity index (χ3v) is 3.60. The Hall–Kier alpha value is -1.32. The summed E-state index contributed by atoms with van der Waals surface area (Å²) in [6, 6.07) is 9.04. The third-order valence-electron chi connectivity index (χ3n) is 3.60. The molecule has 0 unspecified atom stereocenters. The highest BCUT2D eigenvalue weighted by Gasteiger charge is 2.02. The molecule has 1 aromatic carbocycles. The molecule has 2 rings (SSSR count). The van der Waals surface area contributed by atoms with E-state index < -0.39 is 0 Å². The van der Waals surface area contributed by atoms with Crippen LogP contribution in [0.5, 0.6) is 0 Å². The van der Waals surface area contributed by atoms with E-state index >= 15 is 0 Å². The zero-order valence-corrected chi connectivity index (χ0v) is 13.0. The van der Waals surface area contributed by atoms with Crippen LogP contribution in [0.15, 0.2) is 30.5 Å². The van der Waals surface area contributed by atoms with Crippen molar-refractivity contribution in [3.05, 3.63) is 36.0 Å². The lowest BCUT2D eigenvalue weighted by Crippen LogP contribution is -2.15. The number of hydrogen-bond donors (Lipinski definition) is 1. The summed E-state index contributed by atoms with van der Waals surface area (Å²) in [6.45, 7) is 6.48. The SMILES string of the molecule is CCCNCc1ccc2c(ccn2CCCN(C)C)c1. The molecule has 3 heteroatoms. The van der Waals surface area contributed by atoms with Crippen LogP contribution in [0.3, 0.4) is 0 Å². The molecule has 20 heavy (non-hydrogen) atoms. The minimum atomic E-state index is 0.968. The maximum absolute atomic E-state index is 3.46. The van der Waals surface area contributed by atoms with E-state index in [1.807, 2.05) is 0 Å². The molecule has 0 bridgehead atoms. The smallest absolute Gasteiger partial charge is 0.0480 e. The van der Waals surface area contributed by atoms with Crippen molar-refractivity contribution in [2.75, 3.05) is 27.2 Å². The monoisotopic (exact) mass is 273 g/mol. The van der Waals surface area contributed by atoms with E-state index in [0.717, 1.165) is 26.2 Å². The van der Waals surface area contributed by atoms with Crippen molar-refractivity contribution in [2.24, 2.45) is 0 Å². The molecule has 0 atom stereocenters. The van der Waals surface area contributed by atoms with Gasteiger partial charge in [-0.3, -0.25) is 0 Å². The average molecular weight is 273 g/mol. The van der Waals surface area contributed by atoms with Gasteiger partial charge in [-0.15, -0.1) is 0 Å². The van der Waals surface area contributed by atoms with Crippen LogP contribution in [-0.4, -0.2) is 36.7 Å². The van der Waals surface area contributed by atoms with Gasteiger partial charge in [0, 0.05) is 24.8 Å². The number of aromatic nitrogens is 1. The first kappa shape index (κ1) is 15.1. The lowest BCUT2D eigenvalue weighted by atomic mass is 10.1. The topological polar surface area (TPSA) is 20.2 Å². The summed E-state index contributed by atoms with van der Waals surface area (Å²) in [4.78, 5) is 2.24. The molecule has 1 heterocycles. The van der Waals surface area contributed by atoms with Gasteiger partial charge in [0.05, 0.1) is 0 Å². The van der Waals surface area contributed by atoms with Gasteiger partial charge in [-0.25, -0.2) is 0 Å². The molecule has 0 aliphatic carbocycles. The normalized spacial score (nSPS) is 11.6. The average Bonchev–Trinajstić information content (AvgIpc) is 2.81. The second-order valence-electron chi connectivity index (χ2n) is 5.74. The first-order chi connectivity index (χ1) is 9.70. The molecule has 0 aliphatic rings. The molecule has 110 valence electrons. The van der Waals surface area contributed by atoms with Gasteiger partial charge in [-0.2, -0.15) is 0 Å². The fourth-order valence-electron chi connectivity index (χ4n) is 2.52. The predicted octanol–water partition coefficient (Wildman–Crippen LogP) is 3.09. The molecule has 1 aromatic heterocycles. The summed E-state index contributed by atoms with van der Waals surface area (Å²) in [7, 11) is 4.26. The molecule has 0 aliphatic heterocycles. The van der Waals surface area contributed by atoms with Crippen molar-refractivity contribution in [3.63, 3.8) is 0 Å². The molecule has 1 N–H and O–H groups in total. The molecular weight excluding hydrogens is 246 g/mol. The number of nitrogens with zero attached hydrogens (tertiary/aromatic N) is 2. The largest absolute Gasteiger partial charge is 0.347 e. The van der Waals surface area contributed by atoms with Gasteiger partial charge in [-0.1, -0.05) is 13.0 Å². The van der Waals surface area contributed by atoms with Crippen molar-refractivity contribution >= 4 is 10.9 Å². The van der Waals surface area contributed by atoms with Crippen molar-refractivity contribution in [1.82, 2.24) is 14.8 Å². The maximum Gasteiger partial charge on any atom is 0.0480 e. The van der Waals surface area contributed by atoms with Crippen LogP contribution in [-0.2, 0) is 13.1 Å². The Morgan fingerprint density at radius 1 is 1.20 bits per heavy atom. The molecule has 3 nitrogen and oxygen atoms in total. The van der Waals surface area contributed by atoms with E-state index in [0.29, 0.717) is 0 Å². The molecule has 0 radical (unpaired) electrons. The summed E-state index contributed by atoms with van der Waals surface area (Å²) in [5.41, 5.74) is 2.72. The van der Waals surface area contributed by atoms with Crippen LogP contribution in [0.25, 0.3) is 10.9 Å². The summed E-state index contributed by atoms with van der Waals surface area (Å²) in [6.07, 6.45) is 4.59. The zero-order valence-electron chi connectivity index (χ0n) is 13.0. The Balaban J connectivity index is 2.00. The van der Waals surface area contributed by atoms with Crippen molar-refractivity contribution in [3.8, 4) is 0 Å². The second-order valence-corrected chi connectivity index (χ2v) is 5.74. The van der Waals surface area contributed by atoms with Gasteiger partial charge in [0.25, 0.3) is 0 Å². The van der Waals surface area contributed by atoms with Crippen LogP contribution in [0.2, 0.25) is 0 Å². The molecule has 0 amide bonds. The minimum Gasteiger partial charge on any atom is -0.347 e. The van der Waals surface area contributed by atoms with Crippen molar-refractivity contribution in [2.45, 2.75) is 32.9 Å². The standard InChI is InChI=1S/C17H27N3/c1-4-9-18-14-15-6-7-17-16(13-15)8-12-20(17)11-5-10-19(2)3/h6-8,12-13,18H,4-5,9-11,14H2,1-3H3. The van der Waals surface area contributed by atoms with Gasteiger partial charge in [0.2, 0.25) is 0 Å². The predicted molar refractivity (Wildman–Crippen MR) is 87.1 cm³/mol. The van der Waals surface area contributed by atoms with Gasteiger partial charge in [-0.05, 0) is 69.2 Å². The Morgan fingerprint density at radius 3 is 2.80 bits per heavy atom. The van der Waals surface area contributed by atoms with Crippen LogP contribution in [0.1, 0.15) is 25.3 Å². The molecule has 0 saturated heterocycles. The van der Waals surface area contributed by atoms with E-state index in [4.69, 9.17) is 0 Å².